The number of benzene rings is 1. The van der Waals surface area contributed by atoms with Gasteiger partial charge >= 0.3 is 0 Å². The van der Waals surface area contributed by atoms with Crippen molar-refractivity contribution in [3.05, 3.63) is 28.8 Å². The van der Waals surface area contributed by atoms with E-state index in [1.807, 2.05) is 26.0 Å². The van der Waals surface area contributed by atoms with Crippen molar-refractivity contribution in [1.82, 2.24) is 4.90 Å². The van der Waals surface area contributed by atoms with E-state index in [-0.39, 0.29) is 11.7 Å². The zero-order valence-electron chi connectivity index (χ0n) is 11.7. The highest BCUT2D eigenvalue weighted by Crippen LogP contribution is 2.24. The zero-order valence-corrected chi connectivity index (χ0v) is 11.7. The van der Waals surface area contributed by atoms with Crippen molar-refractivity contribution in [2.45, 2.75) is 26.7 Å². The Balaban J connectivity index is 2.24. The molecule has 0 aromatic heterocycles. The van der Waals surface area contributed by atoms with E-state index in [2.05, 4.69) is 0 Å². The molecular weight excluding hydrogens is 242 g/mol. The molecule has 1 fully saturated rings. The Labute approximate surface area is 113 Å². The summed E-state index contributed by atoms with van der Waals surface area (Å²) in [6, 6.07) is 3.75. The summed E-state index contributed by atoms with van der Waals surface area (Å²) in [6.07, 6.45) is 0.944. The lowest BCUT2D eigenvalue weighted by Crippen LogP contribution is -2.38. The second-order valence-corrected chi connectivity index (χ2v) is 4.97. The molecule has 1 amide bonds. The molecule has 1 aliphatic rings. The van der Waals surface area contributed by atoms with E-state index < -0.39 is 0 Å². The van der Waals surface area contributed by atoms with Crippen molar-refractivity contribution in [3.8, 4) is 5.75 Å². The molecular formula is C15H19NO3. The van der Waals surface area contributed by atoms with Crippen molar-refractivity contribution in [3.63, 3.8) is 0 Å². The third-order valence-corrected chi connectivity index (χ3v) is 3.58. The molecule has 1 heterocycles. The van der Waals surface area contributed by atoms with E-state index in [0.29, 0.717) is 31.5 Å². The summed E-state index contributed by atoms with van der Waals surface area (Å²) >= 11 is 0. The van der Waals surface area contributed by atoms with Crippen LogP contribution in [-0.4, -0.2) is 36.8 Å². The summed E-state index contributed by atoms with van der Waals surface area (Å²) in [5.41, 5.74) is 2.56. The standard InChI is InChI=1S/C15H19NO3/c1-10-9-14(19-3)11(2)8-13(10)15(18)16-6-4-12(17)5-7-16/h8-9H,4-7H2,1-3H3. The van der Waals surface area contributed by atoms with E-state index in [4.69, 9.17) is 4.74 Å². The number of carbonyl (C=O) groups is 2. The molecule has 1 aliphatic heterocycles. The Bertz CT molecular complexity index is 512. The van der Waals surface area contributed by atoms with Crippen LogP contribution in [0, 0.1) is 13.8 Å². The van der Waals surface area contributed by atoms with E-state index in [1.165, 1.54) is 0 Å². The SMILES string of the molecule is COc1cc(C)c(C(=O)N2CCC(=O)CC2)cc1C. The van der Waals surface area contributed by atoms with Gasteiger partial charge in [0, 0.05) is 31.5 Å². The monoisotopic (exact) mass is 261 g/mol. The number of Topliss-reactive ketones (excluding diaryl/α,β-unsaturated/α-hetero) is 1. The van der Waals surface area contributed by atoms with Gasteiger partial charge in [-0.25, -0.2) is 0 Å². The van der Waals surface area contributed by atoms with Gasteiger partial charge in [-0.05, 0) is 37.1 Å². The predicted molar refractivity (Wildman–Crippen MR) is 72.6 cm³/mol. The van der Waals surface area contributed by atoms with Crippen LogP contribution in [0.3, 0.4) is 0 Å². The fourth-order valence-electron chi connectivity index (χ4n) is 2.37. The van der Waals surface area contributed by atoms with Crippen LogP contribution in [0.1, 0.15) is 34.3 Å². The first kappa shape index (κ1) is 13.6. The molecule has 19 heavy (non-hydrogen) atoms. The highest BCUT2D eigenvalue weighted by Gasteiger charge is 2.23. The number of methoxy groups -OCH3 is 1. The summed E-state index contributed by atoms with van der Waals surface area (Å²) in [6.45, 7) is 4.89. The highest BCUT2D eigenvalue weighted by atomic mass is 16.5. The van der Waals surface area contributed by atoms with Gasteiger partial charge < -0.3 is 9.64 Å². The Hall–Kier alpha value is -1.84. The van der Waals surface area contributed by atoms with Crippen LogP contribution < -0.4 is 4.74 Å². The lowest BCUT2D eigenvalue weighted by Gasteiger charge is -2.27. The lowest BCUT2D eigenvalue weighted by atomic mass is 10.0. The van der Waals surface area contributed by atoms with Crippen LogP contribution in [-0.2, 0) is 4.79 Å². The van der Waals surface area contributed by atoms with Gasteiger partial charge in [0.25, 0.3) is 5.91 Å². The largest absolute Gasteiger partial charge is 0.496 e. The number of rotatable bonds is 2. The van der Waals surface area contributed by atoms with Crippen LogP contribution >= 0.6 is 0 Å². The first-order chi connectivity index (χ1) is 9.02. The molecule has 0 aliphatic carbocycles. The Morgan fingerprint density at radius 2 is 1.79 bits per heavy atom. The van der Waals surface area contributed by atoms with Gasteiger partial charge in [-0.1, -0.05) is 0 Å². The van der Waals surface area contributed by atoms with Crippen molar-refractivity contribution < 1.29 is 14.3 Å². The third-order valence-electron chi connectivity index (χ3n) is 3.58. The number of nitrogens with zero attached hydrogens (tertiary/aromatic N) is 1. The van der Waals surface area contributed by atoms with E-state index >= 15 is 0 Å². The molecule has 4 heteroatoms. The molecule has 0 saturated carbocycles. The normalized spacial score (nSPS) is 15.5. The van der Waals surface area contributed by atoms with Crippen LogP contribution in [0.2, 0.25) is 0 Å². The van der Waals surface area contributed by atoms with Gasteiger partial charge in [0.1, 0.15) is 11.5 Å². The van der Waals surface area contributed by atoms with Crippen LogP contribution in [0.4, 0.5) is 0 Å². The van der Waals surface area contributed by atoms with E-state index in [1.54, 1.807) is 12.0 Å². The van der Waals surface area contributed by atoms with Gasteiger partial charge in [0.15, 0.2) is 0 Å². The molecule has 0 atom stereocenters. The maximum Gasteiger partial charge on any atom is 0.254 e. The third kappa shape index (κ3) is 2.78. The molecule has 1 aromatic carbocycles. The summed E-state index contributed by atoms with van der Waals surface area (Å²) < 4.78 is 5.25. The van der Waals surface area contributed by atoms with Gasteiger partial charge in [0.05, 0.1) is 7.11 Å². The zero-order chi connectivity index (χ0) is 14.0. The van der Waals surface area contributed by atoms with Crippen molar-refractivity contribution in [2.75, 3.05) is 20.2 Å². The van der Waals surface area contributed by atoms with Gasteiger partial charge in [0.2, 0.25) is 0 Å². The number of hydrogen-bond donors (Lipinski definition) is 0. The first-order valence-electron chi connectivity index (χ1n) is 6.49. The number of amides is 1. The van der Waals surface area contributed by atoms with Gasteiger partial charge in [-0.3, -0.25) is 9.59 Å². The second-order valence-electron chi connectivity index (χ2n) is 4.97. The highest BCUT2D eigenvalue weighted by molar-refractivity contribution is 5.97. The molecule has 1 aromatic rings. The fraction of sp³-hybridized carbons (Fsp3) is 0.467. The summed E-state index contributed by atoms with van der Waals surface area (Å²) in [7, 11) is 1.62. The second kappa shape index (κ2) is 5.43. The molecule has 0 radical (unpaired) electrons. The number of aryl methyl sites for hydroxylation is 2. The summed E-state index contributed by atoms with van der Waals surface area (Å²) in [5, 5.41) is 0. The van der Waals surface area contributed by atoms with Gasteiger partial charge in [-0.15, -0.1) is 0 Å². The smallest absolute Gasteiger partial charge is 0.254 e. The predicted octanol–water partition coefficient (Wildman–Crippen LogP) is 2.12. The quantitative estimate of drug-likeness (QED) is 0.819. The minimum atomic E-state index is 0.00996. The number of hydrogen-bond acceptors (Lipinski definition) is 3. The first-order valence-corrected chi connectivity index (χ1v) is 6.49. The molecule has 0 N–H and O–H groups in total. The maximum absolute atomic E-state index is 12.5. The van der Waals surface area contributed by atoms with Crippen molar-refractivity contribution in [1.29, 1.82) is 0 Å². The molecule has 4 nitrogen and oxygen atoms in total. The molecule has 0 unspecified atom stereocenters. The molecule has 2 rings (SSSR count). The molecule has 102 valence electrons. The fourth-order valence-corrected chi connectivity index (χ4v) is 2.37. The van der Waals surface area contributed by atoms with E-state index in [0.717, 1.165) is 16.9 Å². The average molecular weight is 261 g/mol. The molecule has 1 saturated heterocycles. The Morgan fingerprint density at radius 3 is 2.37 bits per heavy atom. The Kier molecular flexibility index (Phi) is 3.88. The molecule has 0 spiro atoms. The van der Waals surface area contributed by atoms with E-state index in [9.17, 15) is 9.59 Å². The Morgan fingerprint density at radius 1 is 1.16 bits per heavy atom. The van der Waals surface area contributed by atoms with Crippen molar-refractivity contribution in [2.24, 2.45) is 0 Å². The number of ether oxygens (including phenoxy) is 1. The lowest BCUT2D eigenvalue weighted by molar-refractivity contribution is -0.120. The molecule has 0 bridgehead atoms. The van der Waals surface area contributed by atoms with Crippen LogP contribution in [0.15, 0.2) is 12.1 Å². The number of ketones is 1. The summed E-state index contributed by atoms with van der Waals surface area (Å²) in [5.74, 6) is 1.05. The van der Waals surface area contributed by atoms with Crippen molar-refractivity contribution >= 4 is 11.7 Å². The average Bonchev–Trinajstić information content (AvgIpc) is 2.41. The topological polar surface area (TPSA) is 46.6 Å². The minimum Gasteiger partial charge on any atom is -0.496 e. The number of piperidine rings is 1. The van der Waals surface area contributed by atoms with Gasteiger partial charge in [-0.2, -0.15) is 0 Å². The maximum atomic E-state index is 12.5. The number of carbonyl (C=O) groups excluding carboxylic acids is 2. The minimum absolute atomic E-state index is 0.00996. The van der Waals surface area contributed by atoms with Crippen LogP contribution in [0.5, 0.6) is 5.75 Å². The van der Waals surface area contributed by atoms with Crippen LogP contribution in [0.25, 0.3) is 0 Å². The summed E-state index contributed by atoms with van der Waals surface area (Å²) in [4.78, 5) is 25.4. The number of likely N-dealkylation sites (tertiary alicyclic amines) is 1.